The maximum Gasteiger partial charge on any atom is 0.315 e. The largest absolute Gasteiger partial charge is 0.493 e. The van der Waals surface area contributed by atoms with E-state index in [2.05, 4.69) is 0 Å². The van der Waals surface area contributed by atoms with Gasteiger partial charge in [-0.15, -0.1) is 11.8 Å². The fourth-order valence-electron chi connectivity index (χ4n) is 1.52. The molecule has 1 aromatic rings. The van der Waals surface area contributed by atoms with E-state index < -0.39 is 0 Å². The molecular formula is C14H18O5S. The highest BCUT2D eigenvalue weighted by Gasteiger charge is 2.12. The normalized spacial score (nSPS) is 9.95. The number of carbonyl (C=O) groups excluding carboxylic acids is 2. The molecule has 1 aromatic carbocycles. The van der Waals surface area contributed by atoms with Crippen molar-refractivity contribution in [3.8, 4) is 11.5 Å². The first-order valence-corrected chi connectivity index (χ1v) is 7.26. The van der Waals surface area contributed by atoms with E-state index in [4.69, 9.17) is 14.2 Å². The van der Waals surface area contributed by atoms with Crippen LogP contribution in [0.1, 0.15) is 17.3 Å². The Kier molecular flexibility index (Phi) is 6.93. The van der Waals surface area contributed by atoms with E-state index in [0.717, 1.165) is 0 Å². The maximum absolute atomic E-state index is 12.0. The van der Waals surface area contributed by atoms with E-state index in [1.165, 1.54) is 26.0 Å². The lowest BCUT2D eigenvalue weighted by Gasteiger charge is -2.09. The molecule has 0 aliphatic carbocycles. The van der Waals surface area contributed by atoms with Crippen molar-refractivity contribution >= 4 is 23.5 Å². The topological polar surface area (TPSA) is 61.8 Å². The quantitative estimate of drug-likeness (QED) is 0.541. The van der Waals surface area contributed by atoms with Gasteiger partial charge in [0.1, 0.15) is 0 Å². The number of ketones is 1. The van der Waals surface area contributed by atoms with Gasteiger partial charge in [0.2, 0.25) is 0 Å². The highest BCUT2D eigenvalue weighted by molar-refractivity contribution is 8.00. The molecule has 0 aromatic heterocycles. The molecule has 5 nitrogen and oxygen atoms in total. The molecule has 0 amide bonds. The minimum atomic E-state index is -0.308. The van der Waals surface area contributed by atoms with Gasteiger partial charge >= 0.3 is 5.97 Å². The van der Waals surface area contributed by atoms with Gasteiger partial charge in [0.05, 0.1) is 32.3 Å². The number of methoxy groups -OCH3 is 2. The number of hydrogen-bond acceptors (Lipinski definition) is 6. The number of hydrogen-bond donors (Lipinski definition) is 0. The molecule has 0 heterocycles. The molecule has 0 atom stereocenters. The molecule has 20 heavy (non-hydrogen) atoms. The molecular weight excluding hydrogens is 280 g/mol. The summed E-state index contributed by atoms with van der Waals surface area (Å²) in [5.41, 5.74) is 0.527. The molecule has 0 fully saturated rings. The first-order valence-electron chi connectivity index (χ1n) is 6.11. The zero-order valence-electron chi connectivity index (χ0n) is 11.8. The Morgan fingerprint density at radius 1 is 1.10 bits per heavy atom. The average molecular weight is 298 g/mol. The van der Waals surface area contributed by atoms with E-state index in [0.29, 0.717) is 23.7 Å². The van der Waals surface area contributed by atoms with Crippen LogP contribution >= 0.6 is 11.8 Å². The van der Waals surface area contributed by atoms with Crippen molar-refractivity contribution in [1.29, 1.82) is 0 Å². The summed E-state index contributed by atoms with van der Waals surface area (Å²) in [6.07, 6.45) is 0. The van der Waals surface area contributed by atoms with Crippen LogP contribution in [0.4, 0.5) is 0 Å². The summed E-state index contributed by atoms with van der Waals surface area (Å²) in [6.45, 7) is 2.10. The summed E-state index contributed by atoms with van der Waals surface area (Å²) >= 11 is 1.23. The van der Waals surface area contributed by atoms with Gasteiger partial charge in [-0.25, -0.2) is 0 Å². The van der Waals surface area contributed by atoms with Gasteiger partial charge in [-0.2, -0.15) is 0 Å². The first kappa shape index (κ1) is 16.4. The number of esters is 1. The zero-order chi connectivity index (χ0) is 15.0. The smallest absolute Gasteiger partial charge is 0.315 e. The number of ether oxygens (including phenoxy) is 3. The fraction of sp³-hybridized carbons (Fsp3) is 0.429. The highest BCUT2D eigenvalue weighted by Crippen LogP contribution is 2.28. The number of benzene rings is 1. The van der Waals surface area contributed by atoms with Gasteiger partial charge < -0.3 is 14.2 Å². The minimum absolute atomic E-state index is 0.0692. The fourth-order valence-corrected chi connectivity index (χ4v) is 2.23. The summed E-state index contributed by atoms with van der Waals surface area (Å²) in [6, 6.07) is 4.99. The van der Waals surface area contributed by atoms with Crippen LogP contribution in [0.15, 0.2) is 18.2 Å². The van der Waals surface area contributed by atoms with Crippen LogP contribution in [-0.4, -0.2) is 44.1 Å². The molecule has 0 aliphatic rings. The van der Waals surface area contributed by atoms with Crippen LogP contribution in [0.5, 0.6) is 11.5 Å². The van der Waals surface area contributed by atoms with Gasteiger partial charge in [-0.05, 0) is 25.1 Å². The van der Waals surface area contributed by atoms with Gasteiger partial charge in [0.15, 0.2) is 17.3 Å². The van der Waals surface area contributed by atoms with Crippen molar-refractivity contribution in [1.82, 2.24) is 0 Å². The van der Waals surface area contributed by atoms with Gasteiger partial charge in [-0.3, -0.25) is 9.59 Å². The molecule has 0 saturated heterocycles. The second-order valence-corrected chi connectivity index (χ2v) is 4.78. The van der Waals surface area contributed by atoms with Crippen molar-refractivity contribution in [2.75, 3.05) is 32.3 Å². The van der Waals surface area contributed by atoms with Crippen LogP contribution in [0, 0.1) is 0 Å². The van der Waals surface area contributed by atoms with Crippen molar-refractivity contribution in [2.24, 2.45) is 0 Å². The second kappa shape index (κ2) is 8.47. The number of thioether (sulfide) groups is 1. The van der Waals surface area contributed by atoms with Crippen molar-refractivity contribution in [2.45, 2.75) is 6.92 Å². The molecule has 0 saturated carbocycles. The predicted octanol–water partition coefficient (Wildman–Crippen LogP) is 2.18. The summed E-state index contributed by atoms with van der Waals surface area (Å²) in [7, 11) is 3.05. The third-order valence-corrected chi connectivity index (χ3v) is 3.37. The van der Waals surface area contributed by atoms with Gasteiger partial charge in [0, 0.05) is 5.56 Å². The molecule has 0 bridgehead atoms. The van der Waals surface area contributed by atoms with Crippen molar-refractivity contribution < 1.29 is 23.8 Å². The number of carbonyl (C=O) groups is 2. The monoisotopic (exact) mass is 298 g/mol. The lowest BCUT2D eigenvalue weighted by Crippen LogP contribution is -2.10. The average Bonchev–Trinajstić information content (AvgIpc) is 2.46. The second-order valence-electron chi connectivity index (χ2n) is 3.79. The van der Waals surface area contributed by atoms with Crippen LogP contribution < -0.4 is 9.47 Å². The van der Waals surface area contributed by atoms with E-state index >= 15 is 0 Å². The Labute approximate surface area is 122 Å². The summed E-state index contributed by atoms with van der Waals surface area (Å²) in [5.74, 6) is 1.09. The standard InChI is InChI=1S/C14H18O5S/c1-4-19-14(16)9-20-8-11(15)10-5-6-12(17-2)13(7-10)18-3/h5-7H,4,8-9H2,1-3H3. The SMILES string of the molecule is CCOC(=O)CSCC(=O)c1ccc(OC)c(OC)c1. The van der Waals surface area contributed by atoms with Crippen LogP contribution in [0.3, 0.4) is 0 Å². The summed E-state index contributed by atoms with van der Waals surface area (Å²) in [5, 5.41) is 0. The van der Waals surface area contributed by atoms with Gasteiger partial charge in [-0.1, -0.05) is 0 Å². The molecule has 0 aliphatic heterocycles. The molecule has 1 rings (SSSR count). The van der Waals surface area contributed by atoms with Crippen LogP contribution in [-0.2, 0) is 9.53 Å². The first-order chi connectivity index (χ1) is 9.62. The molecule has 0 radical (unpaired) electrons. The molecule has 0 unspecified atom stereocenters. The van der Waals surface area contributed by atoms with Crippen molar-refractivity contribution in [3.63, 3.8) is 0 Å². The molecule has 6 heteroatoms. The Morgan fingerprint density at radius 2 is 1.80 bits per heavy atom. The Morgan fingerprint density at radius 3 is 2.40 bits per heavy atom. The Balaban J connectivity index is 2.57. The van der Waals surface area contributed by atoms with E-state index in [1.807, 2.05) is 0 Å². The summed E-state index contributed by atoms with van der Waals surface area (Å²) in [4.78, 5) is 23.1. The van der Waals surface area contributed by atoms with Crippen LogP contribution in [0.25, 0.3) is 0 Å². The highest BCUT2D eigenvalue weighted by atomic mass is 32.2. The lowest BCUT2D eigenvalue weighted by atomic mass is 10.1. The Hall–Kier alpha value is -1.69. The van der Waals surface area contributed by atoms with Gasteiger partial charge in [0.25, 0.3) is 0 Å². The van der Waals surface area contributed by atoms with Crippen LogP contribution in [0.2, 0.25) is 0 Å². The Bertz CT molecular complexity index is 473. The third-order valence-electron chi connectivity index (χ3n) is 2.46. The predicted molar refractivity (Wildman–Crippen MR) is 77.8 cm³/mol. The molecule has 0 spiro atoms. The molecule has 0 N–H and O–H groups in total. The van der Waals surface area contributed by atoms with E-state index in [-0.39, 0.29) is 23.3 Å². The summed E-state index contributed by atoms with van der Waals surface area (Å²) < 4.78 is 15.0. The number of Topliss-reactive ketones (excluding diaryl/α,β-unsaturated/α-hetero) is 1. The minimum Gasteiger partial charge on any atom is -0.493 e. The maximum atomic E-state index is 12.0. The lowest BCUT2D eigenvalue weighted by molar-refractivity contribution is -0.139. The number of rotatable bonds is 8. The van der Waals surface area contributed by atoms with E-state index in [9.17, 15) is 9.59 Å². The van der Waals surface area contributed by atoms with E-state index in [1.54, 1.807) is 25.1 Å². The molecule has 110 valence electrons. The third kappa shape index (κ3) is 4.77. The zero-order valence-corrected chi connectivity index (χ0v) is 12.6. The van der Waals surface area contributed by atoms with Crippen molar-refractivity contribution in [3.05, 3.63) is 23.8 Å².